The summed E-state index contributed by atoms with van der Waals surface area (Å²) in [5.41, 5.74) is 0.127. The molecule has 0 aliphatic heterocycles. The fourth-order valence-electron chi connectivity index (χ4n) is 2.05. The first-order valence-electron chi connectivity index (χ1n) is 5.92. The van der Waals surface area contributed by atoms with Gasteiger partial charge in [0.2, 0.25) is 0 Å². The number of benzene rings is 1. The highest BCUT2D eigenvalue weighted by Gasteiger charge is 2.34. The molecule has 1 amide bonds. The van der Waals surface area contributed by atoms with Gasteiger partial charge in [0, 0.05) is 10.6 Å². The topological polar surface area (TPSA) is 64.3 Å². The molecule has 0 spiro atoms. The third-order valence-electron chi connectivity index (χ3n) is 2.76. The Morgan fingerprint density at radius 3 is 2.58 bits per heavy atom. The maximum Gasteiger partial charge on any atom is 0.408 e. The summed E-state index contributed by atoms with van der Waals surface area (Å²) < 4.78 is 0. The second-order valence-corrected chi connectivity index (χ2v) is 5.69. The normalized spacial score (nSPS) is 12.6. The summed E-state index contributed by atoms with van der Waals surface area (Å²) in [5.74, 6) is 0. The van der Waals surface area contributed by atoms with Crippen LogP contribution in [0.1, 0.15) is 38.8 Å². The van der Waals surface area contributed by atoms with E-state index >= 15 is 0 Å². The summed E-state index contributed by atoms with van der Waals surface area (Å²) in [7, 11) is 0. The molecule has 0 heterocycles. The zero-order valence-corrected chi connectivity index (χ0v) is 12.0. The number of hydrogen-bond donors (Lipinski definition) is 1. The average Bonchev–Trinajstić information content (AvgIpc) is 2.26. The number of hydrogen-bond acceptors (Lipinski definition) is 2. The van der Waals surface area contributed by atoms with Gasteiger partial charge in [0.1, 0.15) is 0 Å². The largest absolute Gasteiger partial charge is 0.465 e. The van der Waals surface area contributed by atoms with Crippen LogP contribution in [0.5, 0.6) is 0 Å². The van der Waals surface area contributed by atoms with Gasteiger partial charge >= 0.3 is 6.09 Å². The van der Waals surface area contributed by atoms with Crippen molar-refractivity contribution in [3.63, 3.8) is 0 Å². The fraction of sp³-hybridized carbons (Fsp3) is 0.429. The lowest BCUT2D eigenvalue weighted by Crippen LogP contribution is -2.47. The number of nitrogens with zero attached hydrogens (tertiary/aromatic N) is 2. The Bertz CT molecular complexity index is 503. The van der Waals surface area contributed by atoms with E-state index < -0.39 is 17.7 Å². The van der Waals surface area contributed by atoms with Crippen molar-refractivity contribution in [1.82, 2.24) is 4.90 Å². The molecule has 0 fully saturated rings. The third-order valence-corrected chi connectivity index (χ3v) is 2.99. The van der Waals surface area contributed by atoms with Gasteiger partial charge < -0.3 is 5.11 Å². The molecule has 0 aliphatic carbocycles. The summed E-state index contributed by atoms with van der Waals surface area (Å²) in [6.07, 6.45) is -0.961. The van der Waals surface area contributed by atoms with Crippen molar-refractivity contribution in [2.45, 2.75) is 38.8 Å². The van der Waals surface area contributed by atoms with Crippen LogP contribution in [0, 0.1) is 11.3 Å². The predicted molar refractivity (Wildman–Crippen MR) is 74.0 cm³/mol. The first-order valence-corrected chi connectivity index (χ1v) is 6.30. The second kappa shape index (κ2) is 5.94. The first kappa shape index (κ1) is 15.3. The van der Waals surface area contributed by atoms with Gasteiger partial charge in [-0.3, -0.25) is 4.90 Å². The fourth-order valence-corrected chi connectivity index (χ4v) is 2.25. The maximum absolute atomic E-state index is 11.5. The van der Waals surface area contributed by atoms with E-state index in [1.54, 1.807) is 45.0 Å². The average molecular weight is 281 g/mol. The molecule has 1 unspecified atom stereocenters. The Morgan fingerprint density at radius 2 is 2.16 bits per heavy atom. The number of amides is 1. The molecule has 0 aromatic heterocycles. The predicted octanol–water partition coefficient (Wildman–Crippen LogP) is 4.07. The van der Waals surface area contributed by atoms with Crippen molar-refractivity contribution in [2.75, 3.05) is 0 Å². The Hall–Kier alpha value is -1.73. The lowest BCUT2D eigenvalue weighted by atomic mass is 9.96. The lowest BCUT2D eigenvalue weighted by Gasteiger charge is -2.39. The molecule has 1 atom stereocenters. The monoisotopic (exact) mass is 280 g/mol. The molecule has 0 radical (unpaired) electrons. The van der Waals surface area contributed by atoms with Crippen LogP contribution < -0.4 is 0 Å². The molecule has 0 saturated heterocycles. The summed E-state index contributed by atoms with van der Waals surface area (Å²) in [5, 5.41) is 18.9. The van der Waals surface area contributed by atoms with E-state index in [1.807, 2.05) is 6.07 Å². The van der Waals surface area contributed by atoms with Crippen molar-refractivity contribution in [1.29, 1.82) is 5.26 Å². The van der Waals surface area contributed by atoms with Crippen LogP contribution in [-0.4, -0.2) is 21.6 Å². The zero-order chi connectivity index (χ0) is 14.6. The molecule has 0 aliphatic rings. The van der Waals surface area contributed by atoms with E-state index in [9.17, 15) is 9.90 Å². The van der Waals surface area contributed by atoms with Gasteiger partial charge in [0.05, 0.1) is 18.5 Å². The minimum absolute atomic E-state index is 0.0872. The van der Waals surface area contributed by atoms with Gasteiger partial charge in [0.25, 0.3) is 0 Å². The molecule has 1 aromatic rings. The van der Waals surface area contributed by atoms with Crippen molar-refractivity contribution in [3.8, 4) is 6.07 Å². The van der Waals surface area contributed by atoms with Crippen LogP contribution in [0.15, 0.2) is 24.3 Å². The molecule has 1 aromatic carbocycles. The van der Waals surface area contributed by atoms with Crippen LogP contribution in [0.3, 0.4) is 0 Å². The highest BCUT2D eigenvalue weighted by atomic mass is 35.5. The first-order chi connectivity index (χ1) is 8.77. The molecule has 4 nitrogen and oxygen atoms in total. The maximum atomic E-state index is 11.5. The van der Waals surface area contributed by atoms with Crippen molar-refractivity contribution in [2.24, 2.45) is 0 Å². The van der Waals surface area contributed by atoms with E-state index in [4.69, 9.17) is 16.9 Å². The van der Waals surface area contributed by atoms with E-state index in [0.29, 0.717) is 5.02 Å². The number of carboxylic acid groups (broad SMARTS) is 1. The molecule has 1 rings (SSSR count). The highest BCUT2D eigenvalue weighted by Crippen LogP contribution is 2.32. The molecule has 5 heteroatoms. The quantitative estimate of drug-likeness (QED) is 0.907. The van der Waals surface area contributed by atoms with Gasteiger partial charge in [-0.05, 0) is 38.5 Å². The molecular formula is C14H17ClN2O2. The second-order valence-electron chi connectivity index (χ2n) is 5.26. The summed E-state index contributed by atoms with van der Waals surface area (Å²) in [6, 6.07) is 8.48. The minimum atomic E-state index is -1.05. The number of halogens is 1. The molecular weight excluding hydrogens is 264 g/mol. The van der Waals surface area contributed by atoms with Gasteiger partial charge in [0.15, 0.2) is 0 Å². The molecule has 0 bridgehead atoms. The Labute approximate surface area is 118 Å². The van der Waals surface area contributed by atoms with E-state index in [1.165, 1.54) is 4.90 Å². The van der Waals surface area contributed by atoms with Crippen LogP contribution in [0.2, 0.25) is 5.02 Å². The van der Waals surface area contributed by atoms with Gasteiger partial charge in [-0.15, -0.1) is 0 Å². The van der Waals surface area contributed by atoms with Gasteiger partial charge in [-0.25, -0.2) is 4.79 Å². The Kier molecular flexibility index (Phi) is 4.79. The minimum Gasteiger partial charge on any atom is -0.465 e. The number of carbonyl (C=O) groups is 1. The van der Waals surface area contributed by atoms with Crippen LogP contribution in [0.4, 0.5) is 4.79 Å². The molecule has 1 N–H and O–H groups in total. The Balaban J connectivity index is 3.26. The number of nitriles is 1. The Morgan fingerprint density at radius 1 is 1.53 bits per heavy atom. The summed E-state index contributed by atoms with van der Waals surface area (Å²) >= 11 is 5.94. The molecule has 19 heavy (non-hydrogen) atoms. The van der Waals surface area contributed by atoms with E-state index in [-0.39, 0.29) is 6.42 Å². The third kappa shape index (κ3) is 3.87. The molecule has 102 valence electrons. The van der Waals surface area contributed by atoms with Crippen molar-refractivity contribution < 1.29 is 9.90 Å². The smallest absolute Gasteiger partial charge is 0.408 e. The van der Waals surface area contributed by atoms with Crippen LogP contribution in [-0.2, 0) is 0 Å². The van der Waals surface area contributed by atoms with Gasteiger partial charge in [-0.2, -0.15) is 5.26 Å². The standard InChI is InChI=1S/C14H17ClN2O2/c1-14(2,3)17(13(18)19)12(7-8-16)10-5-4-6-11(15)9-10/h4-6,9,12H,7H2,1-3H3,(H,18,19). The SMILES string of the molecule is CC(C)(C)N(C(=O)O)C(CC#N)c1cccc(Cl)c1. The lowest BCUT2D eigenvalue weighted by molar-refractivity contribution is 0.0710. The van der Waals surface area contributed by atoms with Crippen LogP contribution >= 0.6 is 11.6 Å². The van der Waals surface area contributed by atoms with E-state index in [0.717, 1.165) is 5.56 Å². The van der Waals surface area contributed by atoms with Crippen molar-refractivity contribution >= 4 is 17.7 Å². The van der Waals surface area contributed by atoms with E-state index in [2.05, 4.69) is 0 Å². The highest BCUT2D eigenvalue weighted by molar-refractivity contribution is 6.30. The molecule has 0 saturated carbocycles. The summed E-state index contributed by atoms with van der Waals surface area (Å²) in [4.78, 5) is 12.8. The summed E-state index contributed by atoms with van der Waals surface area (Å²) in [6.45, 7) is 5.40. The van der Waals surface area contributed by atoms with Crippen molar-refractivity contribution in [3.05, 3.63) is 34.9 Å². The van der Waals surface area contributed by atoms with Gasteiger partial charge in [-0.1, -0.05) is 23.7 Å². The van der Waals surface area contributed by atoms with Crippen LogP contribution in [0.25, 0.3) is 0 Å². The zero-order valence-electron chi connectivity index (χ0n) is 11.2. The number of rotatable bonds is 3.